The molecule has 6 aromatic carbocycles. The van der Waals surface area contributed by atoms with E-state index in [0.717, 1.165) is 50.8 Å². The lowest BCUT2D eigenvalue weighted by molar-refractivity contribution is -0.148. The molecule has 0 aliphatic heterocycles. The molecule has 4 heteroatoms. The van der Waals surface area contributed by atoms with Crippen LogP contribution in [0.15, 0.2) is 152 Å². The third-order valence-corrected chi connectivity index (χ3v) is 8.23. The van der Waals surface area contributed by atoms with Crippen LogP contribution < -0.4 is 9.80 Å². The summed E-state index contributed by atoms with van der Waals surface area (Å²) < 4.78 is 5.44. The Balaban J connectivity index is 1.27. The Labute approximate surface area is 278 Å². The number of esters is 1. The van der Waals surface area contributed by atoms with Gasteiger partial charge in [0, 0.05) is 34.1 Å². The van der Waals surface area contributed by atoms with E-state index < -0.39 is 0 Å². The highest BCUT2D eigenvalue weighted by Gasteiger charge is 2.15. The fraction of sp³-hybridized carbons (Fsp3) is 0.140. The van der Waals surface area contributed by atoms with Gasteiger partial charge in [-0.3, -0.25) is 4.79 Å². The molecule has 6 aromatic rings. The average Bonchev–Trinajstić information content (AvgIpc) is 3.11. The molecule has 0 saturated heterocycles. The van der Waals surface area contributed by atoms with Crippen molar-refractivity contribution >= 4 is 40.1 Å². The monoisotopic (exact) mass is 616 g/mol. The number of carbonyl (C=O) groups excluding carboxylic acids is 1. The van der Waals surface area contributed by atoms with E-state index in [0.29, 0.717) is 0 Å². The molecule has 0 aliphatic rings. The molecule has 0 radical (unpaired) electrons. The lowest BCUT2D eigenvalue weighted by atomic mass is 10.0. The van der Waals surface area contributed by atoms with Crippen molar-refractivity contribution in [3.63, 3.8) is 0 Å². The fourth-order valence-corrected chi connectivity index (χ4v) is 5.53. The van der Waals surface area contributed by atoms with E-state index in [2.05, 4.69) is 157 Å². The molecule has 0 bridgehead atoms. The molecule has 0 aromatic heterocycles. The summed E-state index contributed by atoms with van der Waals surface area (Å²) in [6.45, 7) is 8.17. The third kappa shape index (κ3) is 7.45. The first-order valence-corrected chi connectivity index (χ1v) is 16.1. The van der Waals surface area contributed by atoms with E-state index in [-0.39, 0.29) is 18.5 Å². The zero-order valence-electron chi connectivity index (χ0n) is 27.4. The number of aryl methyl sites for hydroxylation is 2. The minimum atomic E-state index is -0.190. The van der Waals surface area contributed by atoms with Crippen LogP contribution in [0.3, 0.4) is 0 Å². The van der Waals surface area contributed by atoms with Crippen LogP contribution in [0.2, 0.25) is 0 Å². The topological polar surface area (TPSA) is 32.8 Å². The van der Waals surface area contributed by atoms with E-state index in [9.17, 15) is 4.79 Å². The number of hydrogen-bond donors (Lipinski definition) is 0. The number of benzene rings is 6. The Morgan fingerprint density at radius 3 is 1.21 bits per heavy atom. The van der Waals surface area contributed by atoms with Gasteiger partial charge in [0.25, 0.3) is 0 Å². The number of ether oxygens (including phenoxy) is 1. The van der Waals surface area contributed by atoms with Crippen molar-refractivity contribution < 1.29 is 9.53 Å². The van der Waals surface area contributed by atoms with Crippen LogP contribution in [-0.4, -0.2) is 5.97 Å². The summed E-state index contributed by atoms with van der Waals surface area (Å²) in [7, 11) is 0. The van der Waals surface area contributed by atoms with Gasteiger partial charge in [-0.2, -0.15) is 0 Å². The van der Waals surface area contributed by atoms with E-state index in [1.54, 1.807) is 0 Å². The smallest absolute Gasteiger partial charge is 0.308 e. The van der Waals surface area contributed by atoms with Gasteiger partial charge >= 0.3 is 5.97 Å². The summed E-state index contributed by atoms with van der Waals surface area (Å²) in [6, 6.07) is 53.4. The lowest BCUT2D eigenvalue weighted by Gasteiger charge is -2.26. The second kappa shape index (κ2) is 14.2. The number of nitrogens with zero attached hydrogens (tertiary/aromatic N) is 2. The third-order valence-electron chi connectivity index (χ3n) is 8.23. The lowest BCUT2D eigenvalue weighted by Crippen LogP contribution is -2.12. The maximum absolute atomic E-state index is 12.0. The van der Waals surface area contributed by atoms with Gasteiger partial charge in [-0.15, -0.1) is 0 Å². The summed E-state index contributed by atoms with van der Waals surface area (Å²) in [5.41, 5.74) is 12.2. The molecule has 47 heavy (non-hydrogen) atoms. The summed E-state index contributed by atoms with van der Waals surface area (Å²) in [6.07, 6.45) is 0. The highest BCUT2D eigenvalue weighted by Crippen LogP contribution is 2.38. The molecule has 0 spiro atoms. The zero-order chi connectivity index (χ0) is 32.8. The summed E-state index contributed by atoms with van der Waals surface area (Å²) in [5.74, 6) is -0.334. The predicted octanol–water partition coefficient (Wildman–Crippen LogP) is 11.6. The van der Waals surface area contributed by atoms with E-state index in [1.165, 1.54) is 11.1 Å². The minimum absolute atomic E-state index is 0.144. The Morgan fingerprint density at radius 2 is 0.830 bits per heavy atom. The molecule has 0 atom stereocenters. The van der Waals surface area contributed by atoms with Crippen molar-refractivity contribution in [3.05, 3.63) is 168 Å². The number of para-hydroxylation sites is 1. The van der Waals surface area contributed by atoms with E-state index in [1.807, 2.05) is 32.0 Å². The van der Waals surface area contributed by atoms with Gasteiger partial charge in [0.1, 0.15) is 6.61 Å². The second-order valence-corrected chi connectivity index (χ2v) is 12.2. The Morgan fingerprint density at radius 1 is 0.489 bits per heavy atom. The SMILES string of the molecule is Cc1ccc(N(c2ccccc2)c2ccc(-c3ccc(N(c4ccc(C)cc4)c4ccc(COC(=O)C(C)C)cc4)cc3)cc2)cc1. The van der Waals surface area contributed by atoms with E-state index >= 15 is 0 Å². The predicted molar refractivity (Wildman–Crippen MR) is 195 cm³/mol. The second-order valence-electron chi connectivity index (χ2n) is 12.2. The molecule has 0 amide bonds. The van der Waals surface area contributed by atoms with Crippen LogP contribution in [0.1, 0.15) is 30.5 Å². The van der Waals surface area contributed by atoms with Gasteiger partial charge in [0.15, 0.2) is 0 Å². The minimum Gasteiger partial charge on any atom is -0.461 e. The van der Waals surface area contributed by atoms with Crippen molar-refractivity contribution in [2.75, 3.05) is 9.80 Å². The summed E-state index contributed by atoms with van der Waals surface area (Å²) in [5, 5.41) is 0. The van der Waals surface area contributed by atoms with Crippen LogP contribution in [0.4, 0.5) is 34.1 Å². The fourth-order valence-electron chi connectivity index (χ4n) is 5.53. The number of anilines is 6. The molecule has 0 heterocycles. The molecular weight excluding hydrogens is 576 g/mol. The summed E-state index contributed by atoms with van der Waals surface area (Å²) >= 11 is 0. The molecule has 0 unspecified atom stereocenters. The maximum atomic E-state index is 12.0. The van der Waals surface area contributed by atoms with Crippen molar-refractivity contribution in [2.24, 2.45) is 5.92 Å². The van der Waals surface area contributed by atoms with Crippen LogP contribution >= 0.6 is 0 Å². The standard InChI is InChI=1S/C43H40N2O2/c1-31(2)43(46)47-30-34-14-24-40(25-15-34)45(39-22-12-33(4)13-23-39)42-28-18-36(19-29-42)35-16-26-41(27-17-35)44(37-8-6-5-7-9-37)38-20-10-32(3)11-21-38/h5-29,31H,30H2,1-4H3. The van der Waals surface area contributed by atoms with Crippen molar-refractivity contribution in [1.29, 1.82) is 0 Å². The van der Waals surface area contributed by atoms with Crippen LogP contribution in [0.25, 0.3) is 11.1 Å². The quantitative estimate of drug-likeness (QED) is 0.143. The number of rotatable bonds is 10. The molecule has 234 valence electrons. The van der Waals surface area contributed by atoms with Gasteiger partial charge < -0.3 is 14.5 Å². The Kier molecular flexibility index (Phi) is 9.49. The maximum Gasteiger partial charge on any atom is 0.308 e. The molecular formula is C43H40N2O2. The highest BCUT2D eigenvalue weighted by atomic mass is 16.5. The number of hydrogen-bond acceptors (Lipinski definition) is 4. The van der Waals surface area contributed by atoms with Crippen molar-refractivity contribution in [1.82, 2.24) is 0 Å². The van der Waals surface area contributed by atoms with Gasteiger partial charge in [-0.1, -0.05) is 104 Å². The Bertz CT molecular complexity index is 1900. The first kappa shape index (κ1) is 31.4. The van der Waals surface area contributed by atoms with Gasteiger partial charge in [0.05, 0.1) is 5.92 Å². The molecule has 6 rings (SSSR count). The molecule has 0 N–H and O–H groups in total. The number of carbonyl (C=O) groups is 1. The molecule has 4 nitrogen and oxygen atoms in total. The van der Waals surface area contributed by atoms with Crippen LogP contribution in [0.5, 0.6) is 0 Å². The average molecular weight is 617 g/mol. The highest BCUT2D eigenvalue weighted by molar-refractivity contribution is 5.81. The first-order chi connectivity index (χ1) is 22.9. The van der Waals surface area contributed by atoms with Crippen LogP contribution in [0, 0.1) is 19.8 Å². The molecule has 0 aliphatic carbocycles. The first-order valence-electron chi connectivity index (χ1n) is 16.1. The normalized spacial score (nSPS) is 10.9. The zero-order valence-corrected chi connectivity index (χ0v) is 27.4. The van der Waals surface area contributed by atoms with Crippen molar-refractivity contribution in [3.8, 4) is 11.1 Å². The molecule has 0 saturated carbocycles. The van der Waals surface area contributed by atoms with Crippen LogP contribution in [-0.2, 0) is 16.1 Å². The van der Waals surface area contributed by atoms with Gasteiger partial charge in [-0.25, -0.2) is 0 Å². The van der Waals surface area contributed by atoms with Gasteiger partial charge in [0.2, 0.25) is 0 Å². The summed E-state index contributed by atoms with van der Waals surface area (Å²) in [4.78, 5) is 16.5. The molecule has 0 fully saturated rings. The Hall–Kier alpha value is -5.61. The van der Waals surface area contributed by atoms with E-state index in [4.69, 9.17) is 4.74 Å². The largest absolute Gasteiger partial charge is 0.461 e. The van der Waals surface area contributed by atoms with Gasteiger partial charge in [-0.05, 0) is 103 Å². The van der Waals surface area contributed by atoms with Crippen molar-refractivity contribution in [2.45, 2.75) is 34.3 Å².